The third-order valence-corrected chi connectivity index (χ3v) is 18.8. The molecule has 0 saturated carbocycles. The van der Waals surface area contributed by atoms with Crippen LogP contribution in [0, 0.1) is 0 Å². The number of ether oxygens (including phenoxy) is 15. The van der Waals surface area contributed by atoms with Crippen molar-refractivity contribution >= 4 is 105 Å². The van der Waals surface area contributed by atoms with Gasteiger partial charge in [-0.15, -0.1) is 0 Å². The second kappa shape index (κ2) is 47.6. The van der Waals surface area contributed by atoms with Gasteiger partial charge in [0.15, 0.2) is 92.4 Å². The van der Waals surface area contributed by atoms with Crippen LogP contribution in [0.25, 0.3) is 0 Å². The summed E-state index contributed by atoms with van der Waals surface area (Å²) in [4.78, 5) is 208. The lowest BCUT2D eigenvalue weighted by atomic mass is 10.1. The summed E-state index contributed by atoms with van der Waals surface area (Å²) in [5.41, 5.74) is 16.4. The van der Waals surface area contributed by atoms with Crippen LogP contribution >= 0.6 is 15.6 Å². The zero-order valence-corrected chi connectivity index (χ0v) is 71.3. The maximum atomic E-state index is 11.5. The molecule has 10 heterocycles. The normalized spacial score (nSPS) is 25.9. The van der Waals surface area contributed by atoms with E-state index in [1.54, 1.807) is 24.5 Å². The predicted molar refractivity (Wildman–Crippen MR) is 407 cm³/mol. The molecule has 4 aromatic rings. The molecule has 6 aliphatic heterocycles. The number of pyridine rings is 4. The van der Waals surface area contributed by atoms with Gasteiger partial charge in [-0.1, -0.05) is 6.08 Å². The Morgan fingerprint density at radius 2 is 0.609 bits per heavy atom. The average Bonchev–Trinajstić information content (AvgIpc) is 1.70. The minimum Gasteiger partial charge on any atom is -0.477 e. The maximum absolute atomic E-state index is 11.5. The van der Waals surface area contributed by atoms with Crippen molar-refractivity contribution in [2.75, 3.05) is 33.0 Å². The number of aromatic carboxylic acids is 2. The third-order valence-electron chi connectivity index (χ3n) is 17.9. The number of hydrogen-bond acceptors (Lipinski definition) is 38. The van der Waals surface area contributed by atoms with Crippen molar-refractivity contribution in [1.82, 2.24) is 4.90 Å². The van der Waals surface area contributed by atoms with E-state index in [2.05, 4.69) is 9.05 Å². The number of nitrogens with two attached hydrogens (primary N) is 3. The molecule has 0 bridgehead atoms. The molecule has 3 amide bonds. The van der Waals surface area contributed by atoms with Crippen molar-refractivity contribution in [2.45, 2.75) is 198 Å². The van der Waals surface area contributed by atoms with E-state index in [0.717, 1.165) is 27.7 Å². The van der Waals surface area contributed by atoms with Crippen LogP contribution < -0.4 is 35.5 Å². The van der Waals surface area contributed by atoms with Gasteiger partial charge < -0.3 is 138 Å². The second-order valence-electron chi connectivity index (χ2n) is 27.7. The summed E-state index contributed by atoms with van der Waals surface area (Å²) in [7, 11) is -9.69. The number of aromatic nitrogens is 4. The molecule has 0 radical (unpaired) electrons. The first-order chi connectivity index (χ1) is 59.9. The Morgan fingerprint density at radius 1 is 0.367 bits per heavy atom. The summed E-state index contributed by atoms with van der Waals surface area (Å²) in [6.45, 7) is 8.99. The average molecular weight is 1860 g/mol. The van der Waals surface area contributed by atoms with Gasteiger partial charge in [0.05, 0.1) is 33.0 Å². The highest BCUT2D eigenvalue weighted by Gasteiger charge is 2.59. The van der Waals surface area contributed by atoms with Crippen LogP contribution in [0.5, 0.6) is 0 Å². The third kappa shape index (κ3) is 31.1. The molecule has 0 aromatic carbocycles. The topological polar surface area (TPSA) is 726 Å². The van der Waals surface area contributed by atoms with E-state index < -0.39 is 261 Å². The molecule has 51 nitrogen and oxygen atoms in total. The smallest absolute Gasteiger partial charge is 0.469 e. The van der Waals surface area contributed by atoms with E-state index in [4.69, 9.17) is 118 Å². The molecule has 6 aliphatic rings. The highest BCUT2D eigenvalue weighted by Crippen LogP contribution is 2.42. The molecular formula is C75H96N8O43P2+4. The number of carboxylic acids is 2. The fourth-order valence-corrected chi connectivity index (χ4v) is 13.8. The van der Waals surface area contributed by atoms with Crippen LogP contribution in [-0.2, 0) is 142 Å². The largest absolute Gasteiger partial charge is 0.477 e. The minimum atomic E-state index is -4.85. The maximum Gasteiger partial charge on any atom is 0.469 e. The van der Waals surface area contributed by atoms with E-state index in [1.807, 2.05) is 0 Å². The summed E-state index contributed by atoms with van der Waals surface area (Å²) < 4.78 is 117. The number of carbonyl (C=O) groups is 15. The fourth-order valence-electron chi connectivity index (χ4n) is 13.1. The molecule has 53 heteroatoms. The molecule has 5 fully saturated rings. The molecule has 0 spiro atoms. The molecule has 20 atom stereocenters. The number of allylic oxidation sites excluding steroid dienone is 1. The Labute approximate surface area is 724 Å². The van der Waals surface area contributed by atoms with Crippen LogP contribution in [0.2, 0.25) is 0 Å². The first-order valence-corrected chi connectivity index (χ1v) is 40.8. The molecular weight excluding hydrogens is 1760 g/mol. The Hall–Kier alpha value is -12.2. The first-order valence-electron chi connectivity index (χ1n) is 37.7. The standard InChI is InChI=1S/C15H19N2O10P.C15H20N2O7.C15H18N2O7.C15H18NO11P.C15H17NO8/c1-8(18)25-12-11(7-24-28(21,22)23)27-15(13(12)26-9(2)19)17-5-3-4-10(6-17)14(16)20;2*1-8(19)22-12-11(7-18)24-15(13(12)23-9(2)20)17-5-3-4-10(6-17)14(16)21;1-8(17)25-12-11(7-24-28(21,22)23)27-14(13(12)26-9(2)18)16-5-3-4-10(6-16)15(19)20;1-8(18)22-12-11(7-17)24-14(13(12)23-9(2)19)16-5-3-4-10(6-16)15(20)21/h3-6,11-13,15H,7H2,1-2H3,(H3-,16,20,21,22,23);3,5-6,11-13,15,18H,4,7H2,1-2H3,(H2,16,21);3-6,11-13,15,18H,7H2,1-2H3,(H-,16,21);3-6,11-14H,7H2,1-2H3,(H2-,19,20,21,22,23);3-6,11-14,17H,7H2,1-2H3/p+4/t3*11-,12?,13+,15-;2*11-,12?,13+,14-/m11111/s1. The van der Waals surface area contributed by atoms with Gasteiger partial charge in [0.1, 0.15) is 52.8 Å². The molecule has 700 valence electrons. The fraction of sp³-hybridized carbons (Fsp3) is 0.480. The molecule has 128 heavy (non-hydrogen) atoms. The number of amides is 3. The van der Waals surface area contributed by atoms with E-state index in [1.165, 1.54) is 157 Å². The van der Waals surface area contributed by atoms with Crippen molar-refractivity contribution in [3.05, 3.63) is 144 Å². The monoisotopic (exact) mass is 1860 g/mol. The lowest BCUT2D eigenvalue weighted by Gasteiger charge is -2.30. The molecule has 15 N–H and O–H groups in total. The Balaban J connectivity index is 0.000000247. The number of primary amides is 3. The number of esters is 10. The van der Waals surface area contributed by atoms with Crippen molar-refractivity contribution in [3.63, 3.8) is 0 Å². The van der Waals surface area contributed by atoms with Gasteiger partial charge in [-0.3, -0.25) is 71.4 Å². The van der Waals surface area contributed by atoms with Gasteiger partial charge in [0, 0.05) is 111 Å². The number of carbonyl (C=O) groups excluding carboxylic acids is 13. The van der Waals surface area contributed by atoms with E-state index in [0.29, 0.717) is 12.0 Å². The van der Waals surface area contributed by atoms with Gasteiger partial charge >= 0.3 is 112 Å². The lowest BCUT2D eigenvalue weighted by Crippen LogP contribution is -2.48. The zero-order valence-electron chi connectivity index (χ0n) is 69.5. The first kappa shape index (κ1) is 105. The zero-order chi connectivity index (χ0) is 95.7. The number of hydrogen-bond donors (Lipinski definition) is 12. The van der Waals surface area contributed by atoms with Gasteiger partial charge in [-0.05, 0) is 30.7 Å². The Bertz CT molecular complexity index is 4630. The van der Waals surface area contributed by atoms with Gasteiger partial charge in [-0.2, -0.15) is 18.3 Å². The minimum absolute atomic E-state index is 0.000778. The van der Waals surface area contributed by atoms with Crippen LogP contribution in [0.15, 0.2) is 122 Å². The van der Waals surface area contributed by atoms with Crippen LogP contribution in [0.4, 0.5) is 0 Å². The van der Waals surface area contributed by atoms with Gasteiger partial charge in [0.2, 0.25) is 30.3 Å². The predicted octanol–water partition coefficient (Wildman–Crippen LogP) is -4.11. The van der Waals surface area contributed by atoms with E-state index in [9.17, 15) is 96.4 Å². The molecule has 5 saturated heterocycles. The number of phosphoric ester groups is 2. The number of carboxylic acid groups (broad SMARTS) is 2. The van der Waals surface area contributed by atoms with Crippen molar-refractivity contribution in [2.24, 2.45) is 17.2 Å². The lowest BCUT2D eigenvalue weighted by molar-refractivity contribution is -0.765. The molecule has 10 rings (SSSR count). The molecule has 0 aliphatic carbocycles. The van der Waals surface area contributed by atoms with E-state index >= 15 is 0 Å². The summed E-state index contributed by atoms with van der Waals surface area (Å²) in [5, 5.41) is 46.6. The number of rotatable bonds is 29. The Kier molecular flexibility index (Phi) is 38.9. The number of aliphatic hydroxyl groups is 3. The number of aliphatic hydroxyl groups excluding tert-OH is 3. The molecule has 5 unspecified atom stereocenters. The summed E-state index contributed by atoms with van der Waals surface area (Å²) >= 11 is 0. The number of phosphoric acid groups is 2. The van der Waals surface area contributed by atoms with Crippen molar-refractivity contribution in [1.29, 1.82) is 0 Å². The van der Waals surface area contributed by atoms with Gasteiger partial charge in [-0.25, -0.2) is 18.7 Å². The summed E-state index contributed by atoms with van der Waals surface area (Å²) in [6, 6.07) is 11.7. The van der Waals surface area contributed by atoms with Crippen LogP contribution in [0.3, 0.4) is 0 Å². The quantitative estimate of drug-likeness (QED) is 0.0106. The highest BCUT2D eigenvalue weighted by atomic mass is 31.2. The summed E-state index contributed by atoms with van der Waals surface area (Å²) in [6.07, 6.45) is -4.33. The molecule has 4 aromatic heterocycles. The Morgan fingerprint density at radius 3 is 0.867 bits per heavy atom. The van der Waals surface area contributed by atoms with Crippen molar-refractivity contribution < 1.29 is 225 Å². The van der Waals surface area contributed by atoms with Crippen LogP contribution in [0.1, 0.15) is 142 Å². The second-order valence-corrected chi connectivity index (χ2v) is 30.2. The van der Waals surface area contributed by atoms with E-state index in [-0.39, 0.29) is 22.3 Å². The SMILES string of the molecule is CC(=O)OC1[C@@H](CO)O[C@@H](N2C=CCC(C(N)=O)=C2)[C@H]1OC(C)=O.CC(=O)OC1[C@@H](CO)O[C@@H]([n+]2cccc(C(=O)O)c2)[C@H]1OC(C)=O.CC(=O)OC1[C@@H](CO)O[C@@H]([n+]2cccc(C(N)=O)c2)[C@H]1OC(C)=O.CC(=O)OC1[C@@H](COP(=O)(O)O)O[C@@H]([n+]2cccc(C(=O)O)c2)[C@H]1OC(C)=O.CC(=O)OC1[C@@H](COP(=O)(O)O)O[C@@H]([n+]2cccc(C(N)=O)c2)[C@H]1OC(C)=O. The summed E-state index contributed by atoms with van der Waals surface area (Å²) in [5.74, 6) is -10.8. The van der Waals surface area contributed by atoms with Gasteiger partial charge in [0.25, 0.3) is 11.8 Å². The van der Waals surface area contributed by atoms with Crippen LogP contribution in [-0.4, -0.2) is 270 Å². The van der Waals surface area contributed by atoms with Crippen molar-refractivity contribution in [3.8, 4) is 0 Å². The number of nitrogens with zero attached hydrogens (tertiary/aromatic N) is 5. The highest BCUT2D eigenvalue weighted by molar-refractivity contribution is 7.46.